The molecule has 0 radical (unpaired) electrons. The molecule has 0 spiro atoms. The number of anilines is 1. The topological polar surface area (TPSA) is 79.0 Å². The molecule has 0 saturated carbocycles. The van der Waals surface area contributed by atoms with Gasteiger partial charge in [-0.05, 0) is 42.2 Å². The number of H-pyrrole nitrogens is 1. The molecule has 8 heteroatoms. The van der Waals surface area contributed by atoms with Crippen molar-refractivity contribution in [1.82, 2.24) is 4.98 Å². The first-order chi connectivity index (χ1) is 14.7. The number of fused-ring (bicyclic) bond motifs is 1. The zero-order valence-electron chi connectivity index (χ0n) is 16.1. The van der Waals surface area contributed by atoms with E-state index in [4.69, 9.17) is 0 Å². The van der Waals surface area contributed by atoms with E-state index in [1.54, 1.807) is 0 Å². The number of ketones is 1. The second-order valence-corrected chi connectivity index (χ2v) is 7.38. The minimum atomic E-state index is -4.56. The van der Waals surface area contributed by atoms with E-state index in [9.17, 15) is 27.6 Å². The van der Waals surface area contributed by atoms with E-state index in [1.165, 1.54) is 12.1 Å². The molecule has 1 aliphatic rings. The smallest absolute Gasteiger partial charge is 0.325 e. The molecule has 1 aromatic heterocycles. The zero-order valence-corrected chi connectivity index (χ0v) is 16.1. The molecular weight excluding hydrogens is 409 g/mol. The summed E-state index contributed by atoms with van der Waals surface area (Å²) in [6, 6.07) is 14.8. The lowest BCUT2D eigenvalue weighted by atomic mass is 9.81. The summed E-state index contributed by atoms with van der Waals surface area (Å²) in [5, 5.41) is 2.30. The maximum absolute atomic E-state index is 12.9. The first-order valence-electron chi connectivity index (χ1n) is 9.55. The second-order valence-electron chi connectivity index (χ2n) is 7.38. The van der Waals surface area contributed by atoms with Gasteiger partial charge in [-0.2, -0.15) is 13.2 Å². The summed E-state index contributed by atoms with van der Waals surface area (Å²) in [7, 11) is 0. The monoisotopic (exact) mass is 426 g/mol. The van der Waals surface area contributed by atoms with E-state index in [2.05, 4.69) is 10.3 Å². The highest BCUT2D eigenvalue weighted by Gasteiger charge is 2.31. The molecule has 0 aliphatic heterocycles. The van der Waals surface area contributed by atoms with Crippen molar-refractivity contribution in [1.29, 1.82) is 0 Å². The molecule has 3 aromatic rings. The van der Waals surface area contributed by atoms with Crippen molar-refractivity contribution >= 4 is 17.4 Å². The van der Waals surface area contributed by atoms with Gasteiger partial charge in [0.25, 0.3) is 11.5 Å². The number of Topliss-reactive ketones (excluding diaryl/α,β-unsaturated/α-hetero) is 1. The normalized spacial score (nSPS) is 16.0. The number of aromatic amines is 1. The summed E-state index contributed by atoms with van der Waals surface area (Å²) < 4.78 is 38.6. The van der Waals surface area contributed by atoms with Gasteiger partial charge in [-0.15, -0.1) is 0 Å². The van der Waals surface area contributed by atoms with Crippen LogP contribution in [0.2, 0.25) is 0 Å². The number of alkyl halides is 3. The summed E-state index contributed by atoms with van der Waals surface area (Å²) in [5.74, 6) is -1.18. The van der Waals surface area contributed by atoms with E-state index in [0.29, 0.717) is 12.1 Å². The van der Waals surface area contributed by atoms with Gasteiger partial charge in [0.1, 0.15) is 5.56 Å². The van der Waals surface area contributed by atoms with Crippen LogP contribution in [0.3, 0.4) is 0 Å². The van der Waals surface area contributed by atoms with E-state index in [0.717, 1.165) is 23.8 Å². The Morgan fingerprint density at radius 1 is 0.968 bits per heavy atom. The fourth-order valence-electron chi connectivity index (χ4n) is 3.73. The van der Waals surface area contributed by atoms with Crippen molar-refractivity contribution in [2.24, 2.45) is 0 Å². The van der Waals surface area contributed by atoms with Crippen molar-refractivity contribution in [2.45, 2.75) is 24.9 Å². The minimum absolute atomic E-state index is 0.0818. The number of pyridine rings is 1. The Labute approximate surface area is 174 Å². The first-order valence-corrected chi connectivity index (χ1v) is 9.55. The van der Waals surface area contributed by atoms with Gasteiger partial charge in [0.2, 0.25) is 0 Å². The number of aromatic nitrogens is 1. The third-order valence-corrected chi connectivity index (χ3v) is 5.27. The Bertz CT molecular complexity index is 1220. The number of amides is 1. The van der Waals surface area contributed by atoms with Gasteiger partial charge in [-0.3, -0.25) is 14.4 Å². The van der Waals surface area contributed by atoms with Crippen molar-refractivity contribution in [3.63, 3.8) is 0 Å². The summed E-state index contributed by atoms with van der Waals surface area (Å²) >= 11 is 0. The number of hydrogen-bond donors (Lipinski definition) is 2. The fourth-order valence-corrected chi connectivity index (χ4v) is 3.73. The summed E-state index contributed by atoms with van der Waals surface area (Å²) in [6.45, 7) is 0. The number of hydrogen-bond acceptors (Lipinski definition) is 3. The van der Waals surface area contributed by atoms with E-state index < -0.39 is 23.2 Å². The number of carbonyl (C=O) groups excluding carboxylic acids is 2. The van der Waals surface area contributed by atoms with Crippen LogP contribution in [-0.2, 0) is 12.6 Å². The SMILES string of the molecule is O=C1CC(c2ccccc2)Cc2[nH]c(=O)c(C(=O)Nc3cccc(C(F)(F)F)c3)cc21. The van der Waals surface area contributed by atoms with Gasteiger partial charge < -0.3 is 10.3 Å². The molecule has 1 amide bonds. The lowest BCUT2D eigenvalue weighted by molar-refractivity contribution is -0.137. The maximum atomic E-state index is 12.9. The van der Waals surface area contributed by atoms with Gasteiger partial charge in [-0.1, -0.05) is 36.4 Å². The van der Waals surface area contributed by atoms with Crippen molar-refractivity contribution in [3.05, 3.63) is 99.0 Å². The highest BCUT2D eigenvalue weighted by molar-refractivity contribution is 6.06. The largest absolute Gasteiger partial charge is 0.416 e. The van der Waals surface area contributed by atoms with Gasteiger partial charge in [-0.25, -0.2) is 0 Å². The molecule has 4 rings (SSSR count). The molecule has 2 N–H and O–H groups in total. The van der Waals surface area contributed by atoms with Crippen LogP contribution in [0.4, 0.5) is 18.9 Å². The van der Waals surface area contributed by atoms with Crippen LogP contribution in [-0.4, -0.2) is 16.7 Å². The van der Waals surface area contributed by atoms with Crippen LogP contribution in [0.1, 0.15) is 49.9 Å². The molecule has 158 valence electrons. The second kappa shape index (κ2) is 7.86. The van der Waals surface area contributed by atoms with Gasteiger partial charge >= 0.3 is 6.18 Å². The quantitative estimate of drug-likeness (QED) is 0.645. The first kappa shape index (κ1) is 20.6. The molecular formula is C23H17F3N2O3. The molecule has 31 heavy (non-hydrogen) atoms. The number of rotatable bonds is 3. The third-order valence-electron chi connectivity index (χ3n) is 5.27. The number of carbonyl (C=O) groups is 2. The van der Waals surface area contributed by atoms with Crippen LogP contribution in [0.5, 0.6) is 0 Å². The van der Waals surface area contributed by atoms with Crippen LogP contribution in [0.15, 0.2) is 65.5 Å². The van der Waals surface area contributed by atoms with E-state index in [1.807, 2.05) is 30.3 Å². The van der Waals surface area contributed by atoms with Crippen molar-refractivity contribution in [2.75, 3.05) is 5.32 Å². The predicted octanol–water partition coefficient (Wildman–Crippen LogP) is 4.56. The maximum Gasteiger partial charge on any atom is 0.416 e. The number of halogens is 3. The Kier molecular flexibility index (Phi) is 5.22. The Hall–Kier alpha value is -3.68. The molecule has 5 nitrogen and oxygen atoms in total. The van der Waals surface area contributed by atoms with Crippen LogP contribution in [0, 0.1) is 0 Å². The van der Waals surface area contributed by atoms with Gasteiger partial charge in [0, 0.05) is 23.4 Å². The van der Waals surface area contributed by atoms with Crippen LogP contribution in [0.25, 0.3) is 0 Å². The Morgan fingerprint density at radius 3 is 2.42 bits per heavy atom. The standard InChI is InChI=1S/C23H17F3N2O3/c24-23(25,26)15-7-4-8-16(11-15)27-21(30)18-12-17-19(28-22(18)31)9-14(10-20(17)29)13-5-2-1-3-6-13/h1-8,11-12,14H,9-10H2,(H,27,30)(H,28,31). The lowest BCUT2D eigenvalue weighted by Gasteiger charge is -2.24. The van der Waals surface area contributed by atoms with Crippen LogP contribution < -0.4 is 10.9 Å². The molecule has 2 aromatic carbocycles. The molecule has 0 fully saturated rings. The van der Waals surface area contributed by atoms with Crippen LogP contribution >= 0.6 is 0 Å². The summed E-state index contributed by atoms with van der Waals surface area (Å²) in [5.41, 5.74) is -0.382. The zero-order chi connectivity index (χ0) is 22.2. The molecule has 1 heterocycles. The average molecular weight is 426 g/mol. The highest BCUT2D eigenvalue weighted by atomic mass is 19.4. The lowest BCUT2D eigenvalue weighted by Crippen LogP contribution is -2.29. The summed E-state index contributed by atoms with van der Waals surface area (Å²) in [4.78, 5) is 40.3. The summed E-state index contributed by atoms with van der Waals surface area (Å²) in [6.07, 6.45) is -3.89. The highest BCUT2D eigenvalue weighted by Crippen LogP contribution is 2.32. The van der Waals surface area contributed by atoms with Crippen molar-refractivity contribution in [3.8, 4) is 0 Å². The van der Waals surface area contributed by atoms with Gasteiger partial charge in [0.05, 0.1) is 5.56 Å². The number of nitrogens with one attached hydrogen (secondary N) is 2. The average Bonchev–Trinajstić information content (AvgIpc) is 2.73. The van der Waals surface area contributed by atoms with E-state index >= 15 is 0 Å². The number of benzene rings is 2. The fraction of sp³-hybridized carbons (Fsp3) is 0.174. The predicted molar refractivity (Wildman–Crippen MR) is 108 cm³/mol. The third kappa shape index (κ3) is 4.28. The Balaban J connectivity index is 1.60. The molecule has 0 saturated heterocycles. The minimum Gasteiger partial charge on any atom is -0.325 e. The van der Waals surface area contributed by atoms with Crippen molar-refractivity contribution < 1.29 is 22.8 Å². The van der Waals surface area contributed by atoms with E-state index in [-0.39, 0.29) is 34.9 Å². The molecule has 0 bridgehead atoms. The molecule has 1 atom stereocenters. The van der Waals surface area contributed by atoms with Gasteiger partial charge in [0.15, 0.2) is 5.78 Å². The molecule has 1 unspecified atom stereocenters. The Morgan fingerprint density at radius 2 is 1.71 bits per heavy atom. The molecule has 1 aliphatic carbocycles.